The second-order valence-electron chi connectivity index (χ2n) is 4.83. The molecule has 4 nitrogen and oxygen atoms in total. The maximum Gasteiger partial charge on any atom is 0.205 e. The zero-order valence-electron chi connectivity index (χ0n) is 9.46. The zero-order chi connectivity index (χ0) is 11.9. The van der Waals surface area contributed by atoms with Crippen LogP contribution in [0, 0.1) is 28.1 Å². The second-order valence-corrected chi connectivity index (χ2v) is 4.83. The predicted molar refractivity (Wildman–Crippen MR) is 57.6 cm³/mol. The van der Waals surface area contributed by atoms with E-state index in [9.17, 15) is 4.79 Å². The highest BCUT2D eigenvalue weighted by Gasteiger charge is 2.47. The van der Waals surface area contributed by atoms with Crippen molar-refractivity contribution < 1.29 is 9.53 Å². The van der Waals surface area contributed by atoms with E-state index in [0.717, 1.165) is 6.42 Å². The van der Waals surface area contributed by atoms with E-state index in [0.29, 0.717) is 24.2 Å². The van der Waals surface area contributed by atoms with E-state index in [2.05, 4.69) is 6.07 Å². The zero-order valence-corrected chi connectivity index (χ0v) is 9.46. The van der Waals surface area contributed by atoms with Gasteiger partial charge >= 0.3 is 0 Å². The maximum absolute atomic E-state index is 11.9. The number of rotatable bonds is 0. The molecule has 1 aliphatic heterocycles. The number of nitrogens with zero attached hydrogens (tertiary/aromatic N) is 1. The van der Waals surface area contributed by atoms with Crippen molar-refractivity contribution in [3.8, 4) is 6.07 Å². The van der Waals surface area contributed by atoms with Crippen molar-refractivity contribution in [1.82, 2.24) is 0 Å². The first-order valence-electron chi connectivity index (χ1n) is 5.41. The van der Waals surface area contributed by atoms with E-state index < -0.39 is 11.3 Å². The van der Waals surface area contributed by atoms with Gasteiger partial charge in [0.25, 0.3) is 0 Å². The molecule has 0 aromatic heterocycles. The summed E-state index contributed by atoms with van der Waals surface area (Å²) < 4.78 is 5.32. The second kappa shape index (κ2) is 3.44. The van der Waals surface area contributed by atoms with Gasteiger partial charge in [-0.15, -0.1) is 0 Å². The predicted octanol–water partition coefficient (Wildman–Crippen LogP) is 2.17. The standard InChI is InChI=1S/C12H14N2O2/c1-12(2)7(6-13)11(14)16-9-5-3-4-8(15)10(9)12/h7,14H,3-5H2,1-2H3. The Kier molecular flexibility index (Phi) is 2.34. The molecule has 84 valence electrons. The van der Waals surface area contributed by atoms with E-state index in [1.54, 1.807) is 0 Å². The molecule has 0 aromatic rings. The van der Waals surface area contributed by atoms with Gasteiger partial charge in [-0.1, -0.05) is 13.8 Å². The number of allylic oxidation sites excluding steroid dienone is 2. The summed E-state index contributed by atoms with van der Waals surface area (Å²) in [6, 6.07) is 2.06. The number of carbonyl (C=O) groups is 1. The molecule has 0 amide bonds. The number of hydrogen-bond donors (Lipinski definition) is 1. The molecule has 0 bridgehead atoms. The molecule has 4 heteroatoms. The number of nitrogens with one attached hydrogen (secondary N) is 1. The van der Waals surface area contributed by atoms with E-state index in [1.807, 2.05) is 13.8 Å². The van der Waals surface area contributed by atoms with Gasteiger partial charge in [-0.2, -0.15) is 5.26 Å². The summed E-state index contributed by atoms with van der Waals surface area (Å²) in [5.74, 6) is -0.00833. The lowest BCUT2D eigenvalue weighted by molar-refractivity contribution is -0.117. The van der Waals surface area contributed by atoms with Crippen molar-refractivity contribution in [1.29, 1.82) is 10.7 Å². The van der Waals surface area contributed by atoms with E-state index in [1.165, 1.54) is 0 Å². The van der Waals surface area contributed by atoms with Gasteiger partial charge in [-0.25, -0.2) is 0 Å². The normalized spacial score (nSPS) is 28.2. The third-order valence-electron chi connectivity index (χ3n) is 3.36. The monoisotopic (exact) mass is 218 g/mol. The Morgan fingerprint density at radius 1 is 1.50 bits per heavy atom. The fraction of sp³-hybridized carbons (Fsp3) is 0.583. The molecule has 0 fully saturated rings. The van der Waals surface area contributed by atoms with Crippen molar-refractivity contribution in [2.75, 3.05) is 0 Å². The third-order valence-corrected chi connectivity index (χ3v) is 3.36. The van der Waals surface area contributed by atoms with Crippen LogP contribution in [-0.2, 0) is 9.53 Å². The Morgan fingerprint density at radius 2 is 2.19 bits per heavy atom. The molecule has 0 saturated heterocycles. The molecule has 2 aliphatic rings. The molecule has 1 aliphatic carbocycles. The maximum atomic E-state index is 11.9. The van der Waals surface area contributed by atoms with Gasteiger partial charge in [0.15, 0.2) is 5.78 Å². The van der Waals surface area contributed by atoms with Gasteiger partial charge in [-0.05, 0) is 6.42 Å². The van der Waals surface area contributed by atoms with Crippen molar-refractivity contribution in [3.63, 3.8) is 0 Å². The first kappa shape index (κ1) is 10.9. The smallest absolute Gasteiger partial charge is 0.205 e. The molecule has 0 aromatic carbocycles. The van der Waals surface area contributed by atoms with Crippen molar-refractivity contribution in [2.45, 2.75) is 33.1 Å². The molecular weight excluding hydrogens is 204 g/mol. The summed E-state index contributed by atoms with van der Waals surface area (Å²) >= 11 is 0. The van der Waals surface area contributed by atoms with Crippen LogP contribution < -0.4 is 0 Å². The van der Waals surface area contributed by atoms with E-state index >= 15 is 0 Å². The number of hydrogen-bond acceptors (Lipinski definition) is 4. The first-order valence-corrected chi connectivity index (χ1v) is 5.41. The fourth-order valence-electron chi connectivity index (χ4n) is 2.52. The molecule has 2 rings (SSSR count). The molecule has 0 radical (unpaired) electrons. The van der Waals surface area contributed by atoms with Crippen molar-refractivity contribution in [3.05, 3.63) is 11.3 Å². The molecular formula is C12H14N2O2. The molecule has 1 unspecified atom stereocenters. The van der Waals surface area contributed by atoms with E-state index in [4.69, 9.17) is 15.4 Å². The van der Waals surface area contributed by atoms with Crippen LogP contribution in [0.25, 0.3) is 0 Å². The number of ketones is 1. The van der Waals surface area contributed by atoms with Gasteiger partial charge in [0.2, 0.25) is 5.90 Å². The highest BCUT2D eigenvalue weighted by atomic mass is 16.5. The first-order chi connectivity index (χ1) is 7.48. The number of nitriles is 1. The minimum Gasteiger partial charge on any atom is -0.446 e. The summed E-state index contributed by atoms with van der Waals surface area (Å²) in [6.07, 6.45) is 2.00. The minimum atomic E-state index is -0.659. The Morgan fingerprint density at radius 3 is 2.81 bits per heavy atom. The quantitative estimate of drug-likeness (QED) is 0.677. The lowest BCUT2D eigenvalue weighted by Crippen LogP contribution is -2.41. The lowest BCUT2D eigenvalue weighted by atomic mass is 9.68. The summed E-state index contributed by atoms with van der Waals surface area (Å²) in [5, 5.41) is 16.8. The third kappa shape index (κ3) is 1.35. The summed E-state index contributed by atoms with van der Waals surface area (Å²) in [4.78, 5) is 11.9. The van der Waals surface area contributed by atoms with Gasteiger partial charge in [0, 0.05) is 23.8 Å². The van der Waals surface area contributed by atoms with Crippen LogP contribution >= 0.6 is 0 Å². The lowest BCUT2D eigenvalue weighted by Gasteiger charge is -2.39. The fourth-order valence-corrected chi connectivity index (χ4v) is 2.52. The SMILES string of the molecule is CC1(C)C2=C(CCCC2=O)OC(=N)C1C#N. The average Bonchev–Trinajstić information content (AvgIpc) is 2.16. The molecule has 1 heterocycles. The molecule has 0 spiro atoms. The van der Waals surface area contributed by atoms with Crippen LogP contribution in [0.4, 0.5) is 0 Å². The molecule has 0 saturated carbocycles. The van der Waals surface area contributed by atoms with Crippen LogP contribution in [0.1, 0.15) is 33.1 Å². The van der Waals surface area contributed by atoms with Crippen LogP contribution in [-0.4, -0.2) is 11.7 Å². The average molecular weight is 218 g/mol. The van der Waals surface area contributed by atoms with Gasteiger partial charge in [0.05, 0.1) is 6.07 Å². The number of ether oxygens (including phenoxy) is 1. The highest BCUT2D eigenvalue weighted by Crippen LogP contribution is 2.45. The Labute approximate surface area is 94.4 Å². The van der Waals surface area contributed by atoms with Gasteiger partial charge < -0.3 is 4.74 Å². The van der Waals surface area contributed by atoms with Crippen molar-refractivity contribution in [2.24, 2.45) is 11.3 Å². The molecule has 16 heavy (non-hydrogen) atoms. The Balaban J connectivity index is 2.56. The number of carbonyl (C=O) groups excluding carboxylic acids is 1. The Bertz CT molecular complexity index is 440. The summed E-state index contributed by atoms with van der Waals surface area (Å²) in [7, 11) is 0. The largest absolute Gasteiger partial charge is 0.446 e. The van der Waals surface area contributed by atoms with Crippen LogP contribution in [0.5, 0.6) is 0 Å². The highest BCUT2D eigenvalue weighted by molar-refractivity contribution is 6.00. The number of Topliss-reactive ketones (excluding diaryl/α,β-unsaturated/α-hetero) is 1. The minimum absolute atomic E-state index is 0.0269. The van der Waals surface area contributed by atoms with Crippen LogP contribution in [0.3, 0.4) is 0 Å². The Hall–Kier alpha value is -1.63. The summed E-state index contributed by atoms with van der Waals surface area (Å²) in [6.45, 7) is 3.69. The van der Waals surface area contributed by atoms with E-state index in [-0.39, 0.29) is 11.7 Å². The van der Waals surface area contributed by atoms with Gasteiger partial charge in [0.1, 0.15) is 11.7 Å². The van der Waals surface area contributed by atoms with Crippen LogP contribution in [0.2, 0.25) is 0 Å². The van der Waals surface area contributed by atoms with Gasteiger partial charge in [-0.3, -0.25) is 10.2 Å². The van der Waals surface area contributed by atoms with Crippen molar-refractivity contribution >= 4 is 11.7 Å². The van der Waals surface area contributed by atoms with Crippen LogP contribution in [0.15, 0.2) is 11.3 Å². The molecule has 1 atom stereocenters. The summed E-state index contributed by atoms with van der Waals surface area (Å²) in [5.41, 5.74) is 0.0259. The molecule has 1 N–H and O–H groups in total. The topological polar surface area (TPSA) is 73.9 Å².